The molecule has 122 valence electrons. The highest BCUT2D eigenvalue weighted by Crippen LogP contribution is 2.34. The number of hydrogen-bond acceptors (Lipinski definition) is 3. The van der Waals surface area contributed by atoms with E-state index in [1.54, 1.807) is 24.1 Å². The van der Waals surface area contributed by atoms with E-state index in [0.29, 0.717) is 0 Å². The van der Waals surface area contributed by atoms with Crippen LogP contribution >= 0.6 is 11.9 Å². The van der Waals surface area contributed by atoms with Gasteiger partial charge in [-0.1, -0.05) is 38.1 Å². The summed E-state index contributed by atoms with van der Waals surface area (Å²) in [7, 11) is 0. The summed E-state index contributed by atoms with van der Waals surface area (Å²) in [6, 6.07) is 6.76. The first-order valence-corrected chi connectivity index (χ1v) is 8.93. The number of amidine groups is 1. The van der Waals surface area contributed by atoms with Gasteiger partial charge in [-0.15, -0.1) is 0 Å². The van der Waals surface area contributed by atoms with Crippen LogP contribution in [-0.4, -0.2) is 29.6 Å². The summed E-state index contributed by atoms with van der Waals surface area (Å²) in [5.74, 6) is -0.341. The Morgan fingerprint density at radius 2 is 1.86 bits per heavy atom. The molecule has 0 aliphatic carbocycles. The Morgan fingerprint density at radius 1 is 1.18 bits per heavy atom. The molecule has 2 aliphatic rings. The maximum atomic E-state index is 13.3. The van der Waals surface area contributed by atoms with Crippen molar-refractivity contribution >= 4 is 17.8 Å². The third-order valence-electron chi connectivity index (χ3n) is 3.99. The van der Waals surface area contributed by atoms with Crippen molar-refractivity contribution in [1.29, 1.82) is 0 Å². The number of fused-ring (bicyclic) bond motifs is 1. The van der Waals surface area contributed by atoms with Gasteiger partial charge in [0.05, 0.1) is 0 Å². The van der Waals surface area contributed by atoms with Crippen molar-refractivity contribution in [1.82, 2.24) is 4.90 Å². The first-order chi connectivity index (χ1) is 10.6. The molecule has 1 unspecified atom stereocenters. The fourth-order valence-electron chi connectivity index (χ4n) is 2.88. The first-order valence-electron chi connectivity index (χ1n) is 7.99. The Morgan fingerprint density at radius 3 is 2.50 bits per heavy atom. The van der Waals surface area contributed by atoms with Crippen LogP contribution in [0, 0.1) is 0 Å². The number of piperidine rings is 1. The summed E-state index contributed by atoms with van der Waals surface area (Å²) >= 11 is 1.61. The summed E-state index contributed by atoms with van der Waals surface area (Å²) < 4.78 is 31.1. The van der Waals surface area contributed by atoms with Gasteiger partial charge in [0.1, 0.15) is 5.84 Å². The molecule has 0 spiro atoms. The SMILES string of the molecule is CC.CC(F)(F)c1ccc(C2CCCN3CCSN=C23)cc1. The Kier molecular flexibility index (Phi) is 5.84. The van der Waals surface area contributed by atoms with Gasteiger partial charge in [0.25, 0.3) is 5.92 Å². The monoisotopic (exact) mass is 326 g/mol. The lowest BCUT2D eigenvalue weighted by atomic mass is 9.88. The van der Waals surface area contributed by atoms with E-state index in [2.05, 4.69) is 9.30 Å². The van der Waals surface area contributed by atoms with Crippen molar-refractivity contribution < 1.29 is 8.78 Å². The predicted octanol–water partition coefficient (Wildman–Crippen LogP) is 5.06. The van der Waals surface area contributed by atoms with Gasteiger partial charge in [-0.3, -0.25) is 0 Å². The van der Waals surface area contributed by atoms with Gasteiger partial charge in [0.2, 0.25) is 0 Å². The highest BCUT2D eigenvalue weighted by molar-refractivity contribution is 7.98. The van der Waals surface area contributed by atoms with Crippen molar-refractivity contribution in [2.45, 2.75) is 45.5 Å². The molecule has 2 heterocycles. The van der Waals surface area contributed by atoms with Gasteiger partial charge in [0, 0.05) is 37.2 Å². The normalized spacial score (nSPS) is 21.4. The Bertz CT molecular complexity index is 508. The Balaban J connectivity index is 0.000000847. The molecule has 2 nitrogen and oxygen atoms in total. The molecular weight excluding hydrogens is 302 g/mol. The topological polar surface area (TPSA) is 15.6 Å². The van der Waals surface area contributed by atoms with Gasteiger partial charge in [-0.05, 0) is 30.4 Å². The largest absolute Gasteiger partial charge is 0.358 e. The van der Waals surface area contributed by atoms with Crippen LogP contribution in [0.15, 0.2) is 28.7 Å². The van der Waals surface area contributed by atoms with Crippen LogP contribution in [0.1, 0.15) is 50.7 Å². The van der Waals surface area contributed by atoms with Crippen molar-refractivity contribution in [3.05, 3.63) is 35.4 Å². The number of alkyl halides is 2. The third kappa shape index (κ3) is 3.80. The van der Waals surface area contributed by atoms with Gasteiger partial charge in [0.15, 0.2) is 0 Å². The number of halogens is 2. The smallest absolute Gasteiger partial charge is 0.270 e. The van der Waals surface area contributed by atoms with E-state index in [1.807, 2.05) is 26.0 Å². The maximum absolute atomic E-state index is 13.3. The van der Waals surface area contributed by atoms with E-state index in [-0.39, 0.29) is 11.5 Å². The molecule has 1 fully saturated rings. The third-order valence-corrected chi connectivity index (χ3v) is 4.67. The molecule has 1 aromatic rings. The van der Waals surface area contributed by atoms with Crippen LogP contribution in [0.3, 0.4) is 0 Å². The first kappa shape index (κ1) is 17.3. The van der Waals surface area contributed by atoms with Crippen molar-refractivity contribution in [2.75, 3.05) is 18.8 Å². The molecule has 3 rings (SSSR count). The Labute approximate surface area is 136 Å². The van der Waals surface area contributed by atoms with Crippen LogP contribution in [0.4, 0.5) is 8.78 Å². The molecular formula is C17H24F2N2S. The minimum Gasteiger partial charge on any atom is -0.358 e. The summed E-state index contributed by atoms with van der Waals surface area (Å²) in [5.41, 5.74) is 1.18. The van der Waals surface area contributed by atoms with Gasteiger partial charge in [-0.25, -0.2) is 13.2 Å². The Hall–Kier alpha value is -1.10. The van der Waals surface area contributed by atoms with Crippen LogP contribution in [0.25, 0.3) is 0 Å². The molecule has 0 saturated carbocycles. The lowest BCUT2D eigenvalue weighted by Crippen LogP contribution is -2.42. The van der Waals surface area contributed by atoms with Gasteiger partial charge >= 0.3 is 0 Å². The van der Waals surface area contributed by atoms with Crippen LogP contribution in [0.2, 0.25) is 0 Å². The zero-order valence-corrected chi connectivity index (χ0v) is 14.3. The summed E-state index contributed by atoms with van der Waals surface area (Å²) in [4.78, 5) is 2.34. The van der Waals surface area contributed by atoms with Crippen molar-refractivity contribution in [3.8, 4) is 0 Å². The van der Waals surface area contributed by atoms with E-state index >= 15 is 0 Å². The van der Waals surface area contributed by atoms with Crippen LogP contribution in [0.5, 0.6) is 0 Å². The van der Waals surface area contributed by atoms with E-state index < -0.39 is 5.92 Å². The van der Waals surface area contributed by atoms with Crippen molar-refractivity contribution in [2.24, 2.45) is 4.40 Å². The number of rotatable bonds is 2. The average molecular weight is 326 g/mol. The quantitative estimate of drug-likeness (QED) is 0.706. The summed E-state index contributed by atoms with van der Waals surface area (Å²) in [6.45, 7) is 7.05. The second-order valence-electron chi connectivity index (χ2n) is 5.47. The average Bonchev–Trinajstić information content (AvgIpc) is 2.55. The lowest BCUT2D eigenvalue weighted by Gasteiger charge is -2.37. The number of benzene rings is 1. The highest BCUT2D eigenvalue weighted by Gasteiger charge is 2.30. The molecule has 2 aliphatic heterocycles. The zero-order chi connectivity index (χ0) is 16.2. The molecule has 0 radical (unpaired) electrons. The molecule has 0 amide bonds. The lowest BCUT2D eigenvalue weighted by molar-refractivity contribution is 0.0174. The standard InChI is InChI=1S/C15H18F2N2S.C2H6/c1-15(16,17)12-6-4-11(5-7-12)13-3-2-8-19-9-10-20-18-14(13)19;1-2/h4-7,13H,2-3,8-10H2,1H3;1-2H3. The fourth-order valence-corrected chi connectivity index (χ4v) is 3.65. The zero-order valence-electron chi connectivity index (χ0n) is 13.5. The summed E-state index contributed by atoms with van der Waals surface area (Å²) in [6.07, 6.45) is 2.19. The van der Waals surface area contributed by atoms with E-state index in [4.69, 9.17) is 0 Å². The second kappa shape index (κ2) is 7.44. The fraction of sp³-hybridized carbons (Fsp3) is 0.588. The molecule has 22 heavy (non-hydrogen) atoms. The molecule has 1 aromatic carbocycles. The van der Waals surface area contributed by atoms with Crippen molar-refractivity contribution in [3.63, 3.8) is 0 Å². The van der Waals surface area contributed by atoms with E-state index in [0.717, 1.165) is 50.0 Å². The molecule has 0 N–H and O–H groups in total. The highest BCUT2D eigenvalue weighted by atomic mass is 32.2. The molecule has 1 atom stereocenters. The second-order valence-corrected chi connectivity index (χ2v) is 6.32. The van der Waals surface area contributed by atoms with Gasteiger partial charge < -0.3 is 4.90 Å². The predicted molar refractivity (Wildman–Crippen MR) is 90.8 cm³/mol. The molecule has 5 heteroatoms. The summed E-state index contributed by atoms with van der Waals surface area (Å²) in [5, 5.41) is 0. The van der Waals surface area contributed by atoms with Gasteiger partial charge in [-0.2, -0.15) is 0 Å². The molecule has 1 saturated heterocycles. The van der Waals surface area contributed by atoms with E-state index in [1.165, 1.54) is 0 Å². The molecule has 0 aromatic heterocycles. The number of hydrogen-bond donors (Lipinski definition) is 0. The van der Waals surface area contributed by atoms with Crippen LogP contribution < -0.4 is 0 Å². The number of nitrogens with zero attached hydrogens (tertiary/aromatic N) is 2. The minimum absolute atomic E-state index is 0.0777. The molecule has 0 bridgehead atoms. The minimum atomic E-state index is -2.77. The maximum Gasteiger partial charge on any atom is 0.270 e. The van der Waals surface area contributed by atoms with Crippen LogP contribution in [-0.2, 0) is 5.92 Å². The van der Waals surface area contributed by atoms with E-state index in [9.17, 15) is 8.78 Å².